The fraction of sp³-hybridized carbons (Fsp3) is 0.455. The van der Waals surface area contributed by atoms with E-state index < -0.39 is 0 Å². The number of pyridine rings is 1. The quantitative estimate of drug-likeness (QED) is 0.537. The zero-order valence-corrected chi connectivity index (χ0v) is 18.6. The molecule has 0 spiro atoms. The molecule has 0 aliphatic carbocycles. The molecule has 8 heteroatoms. The average Bonchev–Trinajstić information content (AvgIpc) is 2.76. The van der Waals surface area contributed by atoms with Crippen LogP contribution in [0.25, 0.3) is 0 Å². The molecule has 1 aromatic carbocycles. The predicted molar refractivity (Wildman–Crippen MR) is 122 cm³/mol. The van der Waals surface area contributed by atoms with Crippen molar-refractivity contribution in [2.75, 3.05) is 51.8 Å². The van der Waals surface area contributed by atoms with Crippen LogP contribution >= 0.6 is 11.6 Å². The Hall–Kier alpha value is -2.51. The summed E-state index contributed by atoms with van der Waals surface area (Å²) in [5, 5.41) is 4.08. The van der Waals surface area contributed by atoms with Crippen LogP contribution in [-0.4, -0.2) is 68.9 Å². The minimum absolute atomic E-state index is 0.240. The molecule has 2 heterocycles. The molecular formula is C22H30ClN5O2. The van der Waals surface area contributed by atoms with E-state index in [-0.39, 0.29) is 6.10 Å². The summed E-state index contributed by atoms with van der Waals surface area (Å²) in [5.41, 5.74) is 1.10. The molecule has 1 unspecified atom stereocenters. The van der Waals surface area contributed by atoms with Gasteiger partial charge in [0.15, 0.2) is 5.96 Å². The third-order valence-corrected chi connectivity index (χ3v) is 5.16. The Balaban J connectivity index is 1.44. The molecule has 1 atom stereocenters. The van der Waals surface area contributed by atoms with E-state index in [9.17, 15) is 0 Å². The Morgan fingerprint density at radius 3 is 2.80 bits per heavy atom. The summed E-state index contributed by atoms with van der Waals surface area (Å²) in [4.78, 5) is 13.3. The van der Waals surface area contributed by atoms with Gasteiger partial charge in [-0.1, -0.05) is 17.7 Å². The number of ether oxygens (including phenoxy) is 2. The van der Waals surface area contributed by atoms with E-state index in [0.717, 1.165) is 42.8 Å². The smallest absolute Gasteiger partial charge is 0.193 e. The first-order chi connectivity index (χ1) is 14.5. The molecule has 162 valence electrons. The van der Waals surface area contributed by atoms with Crippen LogP contribution in [-0.2, 0) is 11.3 Å². The molecule has 7 nitrogen and oxygen atoms in total. The molecule has 3 rings (SSSR count). The number of hydrogen-bond acceptors (Lipinski definition) is 5. The Morgan fingerprint density at radius 1 is 1.33 bits per heavy atom. The highest BCUT2D eigenvalue weighted by atomic mass is 35.5. The van der Waals surface area contributed by atoms with Crippen molar-refractivity contribution in [3.63, 3.8) is 0 Å². The molecule has 1 aliphatic rings. The van der Waals surface area contributed by atoms with Crippen LogP contribution in [0.1, 0.15) is 12.5 Å². The summed E-state index contributed by atoms with van der Waals surface area (Å²) >= 11 is 5.90. The van der Waals surface area contributed by atoms with E-state index in [1.807, 2.05) is 42.4 Å². The van der Waals surface area contributed by atoms with Crippen molar-refractivity contribution in [2.24, 2.45) is 4.99 Å². The fourth-order valence-electron chi connectivity index (χ4n) is 3.24. The molecule has 0 saturated carbocycles. The molecule has 0 amide bonds. The van der Waals surface area contributed by atoms with Crippen molar-refractivity contribution in [1.82, 2.24) is 15.2 Å². The van der Waals surface area contributed by atoms with Gasteiger partial charge in [-0.15, -0.1) is 0 Å². The van der Waals surface area contributed by atoms with Crippen molar-refractivity contribution < 1.29 is 9.47 Å². The maximum atomic E-state index is 5.90. The molecular weight excluding hydrogens is 402 g/mol. The lowest BCUT2D eigenvalue weighted by Gasteiger charge is -2.32. The number of rotatable bonds is 7. The van der Waals surface area contributed by atoms with Crippen LogP contribution in [0.2, 0.25) is 5.02 Å². The van der Waals surface area contributed by atoms with Crippen LogP contribution in [0.3, 0.4) is 0 Å². The molecule has 30 heavy (non-hydrogen) atoms. The number of likely N-dealkylation sites (N-methyl/N-ethyl adjacent to an activating group) is 1. The maximum Gasteiger partial charge on any atom is 0.193 e. The van der Waals surface area contributed by atoms with Gasteiger partial charge in [0, 0.05) is 44.9 Å². The Kier molecular flexibility index (Phi) is 8.16. The highest BCUT2D eigenvalue weighted by Crippen LogP contribution is 2.16. The van der Waals surface area contributed by atoms with Gasteiger partial charge in [-0.05, 0) is 42.8 Å². The Morgan fingerprint density at radius 2 is 2.13 bits per heavy atom. The number of aromatic nitrogens is 1. The lowest BCUT2D eigenvalue weighted by Crippen LogP contribution is -2.41. The molecule has 1 aromatic heterocycles. The summed E-state index contributed by atoms with van der Waals surface area (Å²) in [5.74, 6) is 2.60. The van der Waals surface area contributed by atoms with Gasteiger partial charge in [0.2, 0.25) is 0 Å². The number of anilines is 1. The minimum Gasteiger partial charge on any atom is -0.492 e. The maximum absolute atomic E-state index is 5.90. The first-order valence-electron chi connectivity index (χ1n) is 10.2. The second-order valence-electron chi connectivity index (χ2n) is 7.28. The molecule has 1 fully saturated rings. The zero-order valence-electron chi connectivity index (χ0n) is 17.8. The molecule has 1 saturated heterocycles. The molecule has 1 N–H and O–H groups in total. The van der Waals surface area contributed by atoms with E-state index in [2.05, 4.69) is 39.2 Å². The van der Waals surface area contributed by atoms with Crippen molar-refractivity contribution >= 4 is 23.4 Å². The van der Waals surface area contributed by atoms with Gasteiger partial charge >= 0.3 is 0 Å². The number of nitrogens with zero attached hydrogens (tertiary/aromatic N) is 4. The fourth-order valence-corrected chi connectivity index (χ4v) is 3.36. The van der Waals surface area contributed by atoms with Crippen molar-refractivity contribution in [3.8, 4) is 5.75 Å². The van der Waals surface area contributed by atoms with Gasteiger partial charge in [0.1, 0.15) is 18.2 Å². The number of nitrogens with one attached hydrogen (secondary N) is 1. The number of morpholine rings is 1. The van der Waals surface area contributed by atoms with E-state index in [4.69, 9.17) is 21.1 Å². The van der Waals surface area contributed by atoms with E-state index >= 15 is 0 Å². The van der Waals surface area contributed by atoms with Gasteiger partial charge in [0.05, 0.1) is 19.3 Å². The highest BCUT2D eigenvalue weighted by molar-refractivity contribution is 6.30. The summed E-state index contributed by atoms with van der Waals surface area (Å²) in [7, 11) is 3.77. The summed E-state index contributed by atoms with van der Waals surface area (Å²) < 4.78 is 11.4. The molecule has 0 radical (unpaired) electrons. The normalized spacial score (nSPS) is 17.0. The van der Waals surface area contributed by atoms with Crippen molar-refractivity contribution in [1.29, 1.82) is 0 Å². The van der Waals surface area contributed by atoms with Gasteiger partial charge in [-0.2, -0.15) is 0 Å². The van der Waals surface area contributed by atoms with Gasteiger partial charge < -0.3 is 24.6 Å². The number of benzene rings is 1. The first-order valence-corrected chi connectivity index (χ1v) is 10.5. The minimum atomic E-state index is 0.240. The second-order valence-corrected chi connectivity index (χ2v) is 7.71. The number of aliphatic imine (C=N–C) groups is 1. The third-order valence-electron chi connectivity index (χ3n) is 4.91. The van der Waals surface area contributed by atoms with Crippen LogP contribution in [0, 0.1) is 0 Å². The van der Waals surface area contributed by atoms with E-state index in [0.29, 0.717) is 24.7 Å². The monoisotopic (exact) mass is 431 g/mol. The van der Waals surface area contributed by atoms with E-state index in [1.54, 1.807) is 7.05 Å². The number of hydrogen-bond donors (Lipinski definition) is 1. The van der Waals surface area contributed by atoms with Crippen LogP contribution in [0.4, 0.5) is 5.82 Å². The third kappa shape index (κ3) is 6.50. The lowest BCUT2D eigenvalue weighted by molar-refractivity contribution is 0.0529. The SMILES string of the molecule is CN=C(NCc1ccc(N2CCOC(C)C2)nc1)N(C)CCOc1ccc(Cl)cc1. The van der Waals surface area contributed by atoms with Crippen LogP contribution in [0.15, 0.2) is 47.6 Å². The molecule has 2 aromatic rings. The Labute approximate surface area is 183 Å². The van der Waals surface area contributed by atoms with Gasteiger partial charge in [-0.25, -0.2) is 4.98 Å². The number of guanidine groups is 1. The van der Waals surface area contributed by atoms with Gasteiger partial charge in [-0.3, -0.25) is 4.99 Å². The van der Waals surface area contributed by atoms with Gasteiger partial charge in [0.25, 0.3) is 0 Å². The standard InChI is InChI=1S/C22H30ClN5O2/c1-17-16-28(11-13-29-17)21-9-4-18(14-25-21)15-26-22(24-2)27(3)10-12-30-20-7-5-19(23)6-8-20/h4-9,14,17H,10-13,15-16H2,1-3H3,(H,24,26). The second kappa shape index (κ2) is 11.0. The largest absolute Gasteiger partial charge is 0.492 e. The topological polar surface area (TPSA) is 62.2 Å². The Bertz CT molecular complexity index is 813. The van der Waals surface area contributed by atoms with Crippen LogP contribution in [0.5, 0.6) is 5.75 Å². The van der Waals surface area contributed by atoms with E-state index in [1.165, 1.54) is 0 Å². The first kappa shape index (κ1) is 22.2. The highest BCUT2D eigenvalue weighted by Gasteiger charge is 2.17. The number of halogens is 1. The lowest BCUT2D eigenvalue weighted by atomic mass is 10.2. The van der Waals surface area contributed by atoms with Crippen molar-refractivity contribution in [3.05, 3.63) is 53.2 Å². The van der Waals surface area contributed by atoms with Crippen molar-refractivity contribution in [2.45, 2.75) is 19.6 Å². The summed E-state index contributed by atoms with van der Waals surface area (Å²) in [6.45, 7) is 6.50. The average molecular weight is 432 g/mol. The summed E-state index contributed by atoms with van der Waals surface area (Å²) in [6.07, 6.45) is 2.16. The molecule has 0 bridgehead atoms. The summed E-state index contributed by atoms with van der Waals surface area (Å²) in [6, 6.07) is 11.5. The zero-order chi connectivity index (χ0) is 21.3. The molecule has 1 aliphatic heterocycles. The predicted octanol–water partition coefficient (Wildman–Crippen LogP) is 3.05. The van der Waals surface area contributed by atoms with Crippen LogP contribution < -0.4 is 15.0 Å².